The van der Waals surface area contributed by atoms with Gasteiger partial charge in [-0.05, 0) is 79.3 Å². The van der Waals surface area contributed by atoms with Crippen LogP contribution < -0.4 is 4.72 Å². The molecule has 3 rings (SSSR count). The number of hydrogen-bond donors (Lipinski definition) is 1. The van der Waals surface area contributed by atoms with Gasteiger partial charge in [0, 0.05) is 12.4 Å². The van der Waals surface area contributed by atoms with Crippen LogP contribution in [0.2, 0.25) is 0 Å². The Morgan fingerprint density at radius 2 is 1.79 bits per heavy atom. The Kier molecular flexibility index (Phi) is 5.68. The maximum Gasteiger partial charge on any atom is 0.241 e. The van der Waals surface area contributed by atoms with Crippen molar-refractivity contribution in [1.29, 1.82) is 0 Å². The molecule has 0 radical (unpaired) electrons. The van der Waals surface area contributed by atoms with Gasteiger partial charge in [-0.1, -0.05) is 37.3 Å². The molecule has 0 unspecified atom stereocenters. The number of pyridine rings is 1. The summed E-state index contributed by atoms with van der Waals surface area (Å²) < 4.78 is 28.7. The number of nitrogens with one attached hydrogen (secondary N) is 1. The summed E-state index contributed by atoms with van der Waals surface area (Å²) in [5, 5.41) is 0. The summed E-state index contributed by atoms with van der Waals surface area (Å²) in [7, 11) is -3.64. The molecule has 0 aliphatic rings. The van der Waals surface area contributed by atoms with Gasteiger partial charge in [0.25, 0.3) is 0 Å². The molecular formula is C23H26N2O2S. The van der Waals surface area contributed by atoms with Crippen LogP contribution in [0.15, 0.2) is 71.9 Å². The maximum atomic E-state index is 12.9. The van der Waals surface area contributed by atoms with Crippen LogP contribution in [-0.2, 0) is 22.0 Å². The first-order valence-electron chi connectivity index (χ1n) is 9.37. The van der Waals surface area contributed by atoms with Crippen molar-refractivity contribution >= 4 is 10.0 Å². The Bertz CT molecular complexity index is 1090. The zero-order valence-corrected chi connectivity index (χ0v) is 17.5. The highest BCUT2D eigenvalue weighted by Gasteiger charge is 2.28. The number of hydrogen-bond acceptors (Lipinski definition) is 3. The average Bonchev–Trinajstić information content (AvgIpc) is 2.67. The molecule has 1 heterocycles. The molecule has 0 spiro atoms. The minimum Gasteiger partial charge on any atom is -0.264 e. The van der Waals surface area contributed by atoms with Gasteiger partial charge < -0.3 is 0 Å². The predicted octanol–water partition coefficient (Wildman–Crippen LogP) is 4.83. The van der Waals surface area contributed by atoms with Gasteiger partial charge in [-0.2, -0.15) is 0 Å². The summed E-state index contributed by atoms with van der Waals surface area (Å²) in [5.74, 6) is 0. The van der Waals surface area contributed by atoms with E-state index in [4.69, 9.17) is 0 Å². The number of rotatable bonds is 6. The summed E-state index contributed by atoms with van der Waals surface area (Å²) in [6.45, 7) is 7.75. The monoisotopic (exact) mass is 394 g/mol. The number of benzene rings is 2. The van der Waals surface area contributed by atoms with E-state index in [0.29, 0.717) is 0 Å². The standard InChI is InChI=1S/C23H26N2O2S/c1-5-18-16-24-13-12-22(18)19-9-7-10-20(15-19)23(3,4)25-28(26,27)21-11-6-8-17(2)14-21/h6-16,25H,5H2,1-4H3. The van der Waals surface area contributed by atoms with Gasteiger partial charge in [0.15, 0.2) is 0 Å². The molecule has 0 atom stereocenters. The van der Waals surface area contributed by atoms with E-state index in [2.05, 4.69) is 16.6 Å². The molecule has 0 aliphatic carbocycles. The predicted molar refractivity (Wildman–Crippen MR) is 114 cm³/mol. The van der Waals surface area contributed by atoms with E-state index < -0.39 is 15.6 Å². The third-order valence-corrected chi connectivity index (χ3v) is 6.52. The number of nitrogens with zero attached hydrogens (tertiary/aromatic N) is 1. The first-order chi connectivity index (χ1) is 13.2. The highest BCUT2D eigenvalue weighted by Crippen LogP contribution is 2.29. The second kappa shape index (κ2) is 7.86. The highest BCUT2D eigenvalue weighted by molar-refractivity contribution is 7.89. The molecule has 0 saturated heterocycles. The summed E-state index contributed by atoms with van der Waals surface area (Å²) >= 11 is 0. The van der Waals surface area contributed by atoms with Crippen molar-refractivity contribution in [3.63, 3.8) is 0 Å². The smallest absolute Gasteiger partial charge is 0.241 e. The lowest BCUT2D eigenvalue weighted by Crippen LogP contribution is -2.40. The highest BCUT2D eigenvalue weighted by atomic mass is 32.2. The lowest BCUT2D eigenvalue weighted by atomic mass is 9.91. The lowest BCUT2D eigenvalue weighted by Gasteiger charge is -2.27. The van der Waals surface area contributed by atoms with Crippen molar-refractivity contribution in [2.45, 2.75) is 44.6 Å². The molecule has 3 aromatic rings. The van der Waals surface area contributed by atoms with Gasteiger partial charge in [0.05, 0.1) is 10.4 Å². The third-order valence-electron chi connectivity index (χ3n) is 4.87. The quantitative estimate of drug-likeness (QED) is 0.651. The largest absolute Gasteiger partial charge is 0.264 e. The Morgan fingerprint density at radius 3 is 2.50 bits per heavy atom. The molecule has 1 N–H and O–H groups in total. The van der Waals surface area contributed by atoms with E-state index in [-0.39, 0.29) is 4.90 Å². The van der Waals surface area contributed by atoms with Crippen LogP contribution in [0, 0.1) is 6.92 Å². The van der Waals surface area contributed by atoms with Crippen LogP contribution in [0.4, 0.5) is 0 Å². The molecule has 0 amide bonds. The van der Waals surface area contributed by atoms with Gasteiger partial charge in [0.2, 0.25) is 10.0 Å². The van der Waals surface area contributed by atoms with Crippen molar-refractivity contribution < 1.29 is 8.42 Å². The Morgan fingerprint density at radius 1 is 1.04 bits per heavy atom. The van der Waals surface area contributed by atoms with E-state index in [1.807, 2.05) is 63.4 Å². The molecule has 28 heavy (non-hydrogen) atoms. The molecular weight excluding hydrogens is 368 g/mol. The third kappa shape index (κ3) is 4.32. The van der Waals surface area contributed by atoms with Crippen LogP contribution in [-0.4, -0.2) is 13.4 Å². The average molecular weight is 395 g/mol. The van der Waals surface area contributed by atoms with E-state index in [0.717, 1.165) is 34.2 Å². The first kappa shape index (κ1) is 20.2. The minimum atomic E-state index is -3.64. The van der Waals surface area contributed by atoms with Gasteiger partial charge >= 0.3 is 0 Å². The molecule has 5 heteroatoms. The van der Waals surface area contributed by atoms with E-state index in [1.54, 1.807) is 24.4 Å². The SMILES string of the molecule is CCc1cnccc1-c1cccc(C(C)(C)NS(=O)(=O)c2cccc(C)c2)c1. The van der Waals surface area contributed by atoms with Gasteiger partial charge in [-0.25, -0.2) is 13.1 Å². The topological polar surface area (TPSA) is 59.1 Å². The molecule has 0 fully saturated rings. The molecule has 0 aliphatic heterocycles. The second-order valence-electron chi connectivity index (χ2n) is 7.51. The van der Waals surface area contributed by atoms with E-state index in [1.165, 1.54) is 0 Å². The molecule has 0 bridgehead atoms. The zero-order chi connectivity index (χ0) is 20.4. The molecule has 1 aromatic heterocycles. The maximum absolute atomic E-state index is 12.9. The summed E-state index contributed by atoms with van der Waals surface area (Å²) in [5.41, 5.74) is 4.39. The van der Waals surface area contributed by atoms with Gasteiger partial charge in [-0.15, -0.1) is 0 Å². The van der Waals surface area contributed by atoms with Crippen molar-refractivity contribution in [2.24, 2.45) is 0 Å². The summed E-state index contributed by atoms with van der Waals surface area (Å²) in [4.78, 5) is 4.49. The number of aromatic nitrogens is 1. The van der Waals surface area contributed by atoms with Gasteiger partial charge in [-0.3, -0.25) is 4.98 Å². The van der Waals surface area contributed by atoms with Crippen molar-refractivity contribution in [2.75, 3.05) is 0 Å². The Balaban J connectivity index is 1.96. The second-order valence-corrected chi connectivity index (χ2v) is 9.20. The molecule has 4 nitrogen and oxygen atoms in total. The fourth-order valence-electron chi connectivity index (χ4n) is 3.30. The summed E-state index contributed by atoms with van der Waals surface area (Å²) in [6.07, 6.45) is 4.55. The van der Waals surface area contributed by atoms with Gasteiger partial charge in [0.1, 0.15) is 0 Å². The van der Waals surface area contributed by atoms with Crippen LogP contribution in [0.25, 0.3) is 11.1 Å². The normalized spacial score (nSPS) is 12.1. The zero-order valence-electron chi connectivity index (χ0n) is 16.7. The fourth-order valence-corrected chi connectivity index (χ4v) is 4.81. The number of aryl methyl sites for hydroxylation is 2. The van der Waals surface area contributed by atoms with E-state index in [9.17, 15) is 8.42 Å². The fraction of sp³-hybridized carbons (Fsp3) is 0.261. The Hall–Kier alpha value is -2.50. The minimum absolute atomic E-state index is 0.277. The van der Waals surface area contributed by atoms with Crippen LogP contribution >= 0.6 is 0 Å². The lowest BCUT2D eigenvalue weighted by molar-refractivity contribution is 0.472. The van der Waals surface area contributed by atoms with Crippen LogP contribution in [0.5, 0.6) is 0 Å². The van der Waals surface area contributed by atoms with Crippen molar-refractivity contribution in [1.82, 2.24) is 9.71 Å². The molecule has 2 aromatic carbocycles. The summed E-state index contributed by atoms with van der Waals surface area (Å²) in [6, 6.07) is 17.0. The van der Waals surface area contributed by atoms with Crippen molar-refractivity contribution in [3.8, 4) is 11.1 Å². The number of sulfonamides is 1. The molecule has 0 saturated carbocycles. The first-order valence-corrected chi connectivity index (χ1v) is 10.9. The van der Waals surface area contributed by atoms with Crippen molar-refractivity contribution in [3.05, 3.63) is 83.7 Å². The molecule has 146 valence electrons. The van der Waals surface area contributed by atoms with E-state index >= 15 is 0 Å². The van der Waals surface area contributed by atoms with Crippen LogP contribution in [0.1, 0.15) is 37.5 Å². The Labute approximate surface area is 167 Å². The van der Waals surface area contributed by atoms with Crippen LogP contribution in [0.3, 0.4) is 0 Å².